The minimum Gasteiger partial charge on any atom is -0.490 e. The Labute approximate surface area is 123 Å². The van der Waals surface area contributed by atoms with Crippen LogP contribution in [0.4, 0.5) is 0 Å². The lowest BCUT2D eigenvalue weighted by molar-refractivity contribution is 0.302. The van der Waals surface area contributed by atoms with E-state index < -0.39 is 0 Å². The van der Waals surface area contributed by atoms with Crippen molar-refractivity contribution < 1.29 is 4.74 Å². The van der Waals surface area contributed by atoms with Gasteiger partial charge in [-0.3, -0.25) is 0 Å². The highest BCUT2D eigenvalue weighted by atomic mass is 16.5. The number of ether oxygens (including phenoxy) is 1. The van der Waals surface area contributed by atoms with Crippen LogP contribution in [-0.2, 0) is 0 Å². The second kappa shape index (κ2) is 7.65. The Bertz CT molecular complexity index is 402. The SMILES string of the molecule is CCCNC(CCN(C)C)c1cccc(OC2CC2)c1. The first kappa shape index (κ1) is 15.3. The number of hydrogen-bond acceptors (Lipinski definition) is 3. The van der Waals surface area contributed by atoms with Gasteiger partial charge in [0.05, 0.1) is 6.10 Å². The second-order valence-electron chi connectivity index (χ2n) is 5.99. The van der Waals surface area contributed by atoms with Gasteiger partial charge in [-0.15, -0.1) is 0 Å². The lowest BCUT2D eigenvalue weighted by atomic mass is 10.0. The summed E-state index contributed by atoms with van der Waals surface area (Å²) in [6.45, 7) is 4.36. The van der Waals surface area contributed by atoms with Crippen LogP contribution in [0.2, 0.25) is 0 Å². The summed E-state index contributed by atoms with van der Waals surface area (Å²) in [5, 5.41) is 3.66. The molecule has 0 spiro atoms. The summed E-state index contributed by atoms with van der Waals surface area (Å²) in [6.07, 6.45) is 5.18. The Kier molecular flexibility index (Phi) is 5.86. The third kappa shape index (κ3) is 5.14. The number of nitrogens with zero attached hydrogens (tertiary/aromatic N) is 1. The van der Waals surface area contributed by atoms with Gasteiger partial charge in [-0.25, -0.2) is 0 Å². The van der Waals surface area contributed by atoms with Crippen molar-refractivity contribution >= 4 is 0 Å². The van der Waals surface area contributed by atoms with E-state index in [4.69, 9.17) is 4.74 Å². The Morgan fingerprint density at radius 3 is 2.80 bits per heavy atom. The molecule has 1 fully saturated rings. The normalized spacial score (nSPS) is 16.4. The molecule has 1 unspecified atom stereocenters. The highest BCUT2D eigenvalue weighted by Gasteiger charge is 2.23. The van der Waals surface area contributed by atoms with Gasteiger partial charge in [0.15, 0.2) is 0 Å². The van der Waals surface area contributed by atoms with Crippen molar-refractivity contribution in [2.24, 2.45) is 0 Å². The predicted octanol–water partition coefficient (Wildman–Crippen LogP) is 3.22. The van der Waals surface area contributed by atoms with Gasteiger partial charge >= 0.3 is 0 Å². The Balaban J connectivity index is 2.00. The zero-order valence-electron chi connectivity index (χ0n) is 13.1. The van der Waals surface area contributed by atoms with Crippen molar-refractivity contribution in [2.75, 3.05) is 27.2 Å². The minimum absolute atomic E-state index is 0.417. The largest absolute Gasteiger partial charge is 0.490 e. The summed E-state index contributed by atoms with van der Waals surface area (Å²) in [7, 11) is 4.26. The van der Waals surface area contributed by atoms with Crippen LogP contribution in [0.5, 0.6) is 5.75 Å². The first-order valence-electron chi connectivity index (χ1n) is 7.83. The first-order chi connectivity index (χ1) is 9.69. The number of nitrogens with one attached hydrogen (secondary N) is 1. The summed E-state index contributed by atoms with van der Waals surface area (Å²) in [5.41, 5.74) is 1.35. The van der Waals surface area contributed by atoms with Gasteiger partial charge in [0, 0.05) is 6.04 Å². The van der Waals surface area contributed by atoms with Crippen LogP contribution in [0.25, 0.3) is 0 Å². The Morgan fingerprint density at radius 1 is 1.35 bits per heavy atom. The molecular formula is C17H28N2O. The van der Waals surface area contributed by atoms with Crippen molar-refractivity contribution in [3.8, 4) is 5.75 Å². The molecule has 0 aliphatic heterocycles. The standard InChI is InChI=1S/C17H28N2O/c1-4-11-18-17(10-12-19(2)3)14-6-5-7-16(13-14)20-15-8-9-15/h5-7,13,15,17-18H,4,8-12H2,1-3H3. The summed E-state index contributed by atoms with van der Waals surface area (Å²) < 4.78 is 5.91. The maximum atomic E-state index is 5.91. The van der Waals surface area contributed by atoms with Crippen LogP contribution in [0.3, 0.4) is 0 Å². The molecule has 1 aliphatic carbocycles. The van der Waals surface area contributed by atoms with Crippen LogP contribution >= 0.6 is 0 Å². The molecular weight excluding hydrogens is 248 g/mol. The average Bonchev–Trinajstić information content (AvgIpc) is 3.23. The molecule has 0 bridgehead atoms. The molecule has 0 radical (unpaired) electrons. The zero-order chi connectivity index (χ0) is 14.4. The number of hydrogen-bond donors (Lipinski definition) is 1. The molecule has 112 valence electrons. The lowest BCUT2D eigenvalue weighted by Gasteiger charge is -2.21. The summed E-state index contributed by atoms with van der Waals surface area (Å²) in [6, 6.07) is 9.03. The van der Waals surface area contributed by atoms with E-state index in [2.05, 4.69) is 55.5 Å². The highest BCUT2D eigenvalue weighted by Crippen LogP contribution is 2.29. The van der Waals surface area contributed by atoms with E-state index in [0.717, 1.165) is 31.7 Å². The van der Waals surface area contributed by atoms with Crippen LogP contribution in [0.1, 0.15) is 44.2 Å². The number of benzene rings is 1. The predicted molar refractivity (Wildman–Crippen MR) is 84.3 cm³/mol. The third-order valence-corrected chi connectivity index (χ3v) is 3.59. The molecule has 1 aliphatic rings. The van der Waals surface area contributed by atoms with Gasteiger partial charge in [0.2, 0.25) is 0 Å². The molecule has 1 N–H and O–H groups in total. The topological polar surface area (TPSA) is 24.5 Å². The first-order valence-corrected chi connectivity index (χ1v) is 7.83. The molecule has 3 heteroatoms. The van der Waals surface area contributed by atoms with Gasteiger partial charge in [-0.1, -0.05) is 19.1 Å². The maximum absolute atomic E-state index is 5.91. The average molecular weight is 276 g/mol. The zero-order valence-corrected chi connectivity index (χ0v) is 13.1. The Morgan fingerprint density at radius 2 is 2.15 bits per heavy atom. The van der Waals surface area contributed by atoms with E-state index in [-0.39, 0.29) is 0 Å². The molecule has 0 saturated heterocycles. The monoisotopic (exact) mass is 276 g/mol. The smallest absolute Gasteiger partial charge is 0.120 e. The third-order valence-electron chi connectivity index (χ3n) is 3.59. The lowest BCUT2D eigenvalue weighted by Crippen LogP contribution is -2.26. The molecule has 0 heterocycles. The molecule has 0 amide bonds. The van der Waals surface area contributed by atoms with Crippen LogP contribution in [-0.4, -0.2) is 38.2 Å². The van der Waals surface area contributed by atoms with Crippen LogP contribution < -0.4 is 10.1 Å². The Hall–Kier alpha value is -1.06. The molecule has 3 nitrogen and oxygen atoms in total. The number of rotatable bonds is 9. The van der Waals surface area contributed by atoms with E-state index in [1.165, 1.54) is 18.4 Å². The van der Waals surface area contributed by atoms with Gasteiger partial charge < -0.3 is 15.0 Å². The molecule has 20 heavy (non-hydrogen) atoms. The molecule has 2 rings (SSSR count). The van der Waals surface area contributed by atoms with E-state index in [1.807, 2.05) is 0 Å². The maximum Gasteiger partial charge on any atom is 0.120 e. The van der Waals surface area contributed by atoms with Crippen LogP contribution in [0.15, 0.2) is 24.3 Å². The van der Waals surface area contributed by atoms with Crippen molar-refractivity contribution in [1.29, 1.82) is 0 Å². The minimum atomic E-state index is 0.417. The van der Waals surface area contributed by atoms with Crippen molar-refractivity contribution in [3.63, 3.8) is 0 Å². The fraction of sp³-hybridized carbons (Fsp3) is 0.647. The van der Waals surface area contributed by atoms with E-state index in [1.54, 1.807) is 0 Å². The van der Waals surface area contributed by atoms with Crippen molar-refractivity contribution in [2.45, 2.75) is 44.8 Å². The van der Waals surface area contributed by atoms with Gasteiger partial charge in [-0.05, 0) is 70.6 Å². The molecule has 1 atom stereocenters. The molecule has 1 saturated carbocycles. The summed E-state index contributed by atoms with van der Waals surface area (Å²) in [5.74, 6) is 1.03. The molecule has 1 aromatic carbocycles. The van der Waals surface area contributed by atoms with Gasteiger partial charge in [-0.2, -0.15) is 0 Å². The second-order valence-corrected chi connectivity index (χ2v) is 5.99. The van der Waals surface area contributed by atoms with Crippen molar-refractivity contribution in [1.82, 2.24) is 10.2 Å². The fourth-order valence-corrected chi connectivity index (χ4v) is 2.28. The highest BCUT2D eigenvalue weighted by molar-refractivity contribution is 5.31. The van der Waals surface area contributed by atoms with Gasteiger partial charge in [0.1, 0.15) is 5.75 Å². The fourth-order valence-electron chi connectivity index (χ4n) is 2.28. The van der Waals surface area contributed by atoms with Crippen molar-refractivity contribution in [3.05, 3.63) is 29.8 Å². The summed E-state index contributed by atoms with van der Waals surface area (Å²) in [4.78, 5) is 2.24. The van der Waals surface area contributed by atoms with E-state index in [0.29, 0.717) is 12.1 Å². The van der Waals surface area contributed by atoms with E-state index in [9.17, 15) is 0 Å². The summed E-state index contributed by atoms with van der Waals surface area (Å²) >= 11 is 0. The van der Waals surface area contributed by atoms with E-state index >= 15 is 0 Å². The van der Waals surface area contributed by atoms with Gasteiger partial charge in [0.25, 0.3) is 0 Å². The quantitative estimate of drug-likeness (QED) is 0.749. The molecule has 1 aromatic rings. The molecule has 0 aromatic heterocycles. The van der Waals surface area contributed by atoms with Crippen LogP contribution in [0, 0.1) is 0 Å².